The number of aliphatic hydroxyl groups is 1. The van der Waals surface area contributed by atoms with E-state index in [0.717, 1.165) is 38.3 Å². The van der Waals surface area contributed by atoms with Crippen LogP contribution in [-0.2, 0) is 32.2 Å². The Kier molecular flexibility index (Phi) is 11.2. The highest BCUT2D eigenvalue weighted by Gasteiger charge is 2.32. The Morgan fingerprint density at radius 2 is 1.50 bits per heavy atom. The number of benzene rings is 4. The third kappa shape index (κ3) is 9.04. The van der Waals surface area contributed by atoms with Gasteiger partial charge in [0.05, 0.1) is 30.8 Å². The number of amides is 1. The number of hydrogen-bond donors (Lipinski definition) is 4. The van der Waals surface area contributed by atoms with Crippen LogP contribution >= 0.6 is 11.8 Å². The topological polar surface area (TPSA) is 142 Å². The van der Waals surface area contributed by atoms with E-state index >= 15 is 0 Å². The first-order valence-electron chi connectivity index (χ1n) is 14.9. The summed E-state index contributed by atoms with van der Waals surface area (Å²) in [6.45, 7) is 0.249. The zero-order chi connectivity index (χ0) is 32.5. The van der Waals surface area contributed by atoms with Crippen LogP contribution in [0.1, 0.15) is 64.3 Å². The molecule has 0 aliphatic carbocycles. The highest BCUT2D eigenvalue weighted by atomic mass is 32.2. The largest absolute Gasteiger partial charge is 0.481 e. The number of aliphatic carboxylic acids is 1. The van der Waals surface area contributed by atoms with Gasteiger partial charge in [0.25, 0.3) is 0 Å². The third-order valence-electron chi connectivity index (χ3n) is 7.63. The summed E-state index contributed by atoms with van der Waals surface area (Å²) < 4.78 is 13.0. The standard InChI is InChI=1S/C36H35NO8S/c38-21-23-7-9-25(10-8-23)32-19-30(22-46-31-13-11-26(12-14-31)35(42)43)44-36(45-32)29-6-2-5-28(18-29)27-4-1-3-24(17-27)20-37-33(39)15-16-34(40)41/h1-14,17-18,30,32,36,38H,15-16,19-22H2,(H,37,39)(H,40,41)(H,42,43)/t30-,32+,36+/m0/s1. The van der Waals surface area contributed by atoms with E-state index in [0.29, 0.717) is 12.2 Å². The summed E-state index contributed by atoms with van der Waals surface area (Å²) in [5.74, 6) is -1.65. The summed E-state index contributed by atoms with van der Waals surface area (Å²) in [5, 5.41) is 30.3. The quantitative estimate of drug-likeness (QED) is 0.123. The van der Waals surface area contributed by atoms with Gasteiger partial charge in [-0.15, -0.1) is 11.8 Å². The summed E-state index contributed by atoms with van der Waals surface area (Å²) in [5.41, 5.74) is 5.67. The number of hydrogen-bond acceptors (Lipinski definition) is 7. The summed E-state index contributed by atoms with van der Waals surface area (Å²) in [6.07, 6.45) is -0.715. The van der Waals surface area contributed by atoms with Crippen molar-refractivity contribution < 1.29 is 39.2 Å². The van der Waals surface area contributed by atoms with Crippen LogP contribution in [0.4, 0.5) is 0 Å². The second-order valence-corrected chi connectivity index (χ2v) is 12.1. The summed E-state index contributed by atoms with van der Waals surface area (Å²) in [6, 6.07) is 30.2. The van der Waals surface area contributed by atoms with Crippen molar-refractivity contribution in [2.24, 2.45) is 0 Å². The van der Waals surface area contributed by atoms with Gasteiger partial charge < -0.3 is 30.1 Å². The van der Waals surface area contributed by atoms with E-state index in [4.69, 9.17) is 14.6 Å². The van der Waals surface area contributed by atoms with Gasteiger partial charge in [0.2, 0.25) is 5.91 Å². The molecule has 1 heterocycles. The first-order chi connectivity index (χ1) is 22.3. The number of ether oxygens (including phenoxy) is 2. The molecular formula is C36H35NO8S. The first kappa shape index (κ1) is 32.9. The maximum absolute atomic E-state index is 12.0. The number of nitrogens with one attached hydrogen (secondary N) is 1. The molecule has 0 spiro atoms. The smallest absolute Gasteiger partial charge is 0.335 e. The lowest BCUT2D eigenvalue weighted by atomic mass is 9.99. The predicted octanol–water partition coefficient (Wildman–Crippen LogP) is 6.36. The molecule has 0 saturated carbocycles. The molecule has 0 unspecified atom stereocenters. The van der Waals surface area contributed by atoms with E-state index in [1.54, 1.807) is 36.0 Å². The number of rotatable bonds is 13. The molecule has 1 aliphatic rings. The minimum Gasteiger partial charge on any atom is -0.481 e. The van der Waals surface area contributed by atoms with E-state index < -0.39 is 18.2 Å². The fourth-order valence-electron chi connectivity index (χ4n) is 5.14. The SMILES string of the molecule is O=C(O)CCC(=O)NCc1cccc(-c2cccc([C@@H]3O[C@H](CSc4ccc(C(=O)O)cc4)C[C@H](c4ccc(CO)cc4)O3)c2)c1. The number of carbonyl (C=O) groups excluding carboxylic acids is 1. The van der Waals surface area contributed by atoms with Crippen molar-refractivity contribution in [1.29, 1.82) is 0 Å². The highest BCUT2D eigenvalue weighted by Crippen LogP contribution is 2.40. The van der Waals surface area contributed by atoms with Crippen molar-refractivity contribution in [3.05, 3.63) is 125 Å². The van der Waals surface area contributed by atoms with Crippen molar-refractivity contribution in [3.63, 3.8) is 0 Å². The molecule has 9 nitrogen and oxygen atoms in total. The van der Waals surface area contributed by atoms with Crippen molar-refractivity contribution in [2.45, 2.75) is 55.8 Å². The Bertz CT molecular complexity index is 1660. The van der Waals surface area contributed by atoms with Gasteiger partial charge in [0.1, 0.15) is 0 Å². The van der Waals surface area contributed by atoms with Crippen LogP contribution in [0.5, 0.6) is 0 Å². The summed E-state index contributed by atoms with van der Waals surface area (Å²) in [4.78, 5) is 34.9. The van der Waals surface area contributed by atoms with Gasteiger partial charge in [-0.1, -0.05) is 60.7 Å². The molecule has 3 atom stereocenters. The van der Waals surface area contributed by atoms with Crippen molar-refractivity contribution in [1.82, 2.24) is 5.32 Å². The second kappa shape index (κ2) is 15.7. The number of aromatic carboxylic acids is 1. The third-order valence-corrected chi connectivity index (χ3v) is 8.77. The second-order valence-electron chi connectivity index (χ2n) is 11.0. The lowest BCUT2D eigenvalue weighted by molar-refractivity contribution is -0.245. The van der Waals surface area contributed by atoms with Crippen molar-refractivity contribution in [3.8, 4) is 11.1 Å². The Morgan fingerprint density at radius 3 is 2.20 bits per heavy atom. The van der Waals surface area contributed by atoms with E-state index in [9.17, 15) is 24.6 Å². The van der Waals surface area contributed by atoms with Crippen LogP contribution < -0.4 is 5.32 Å². The predicted molar refractivity (Wildman–Crippen MR) is 173 cm³/mol. The van der Waals surface area contributed by atoms with Crippen LogP contribution in [0.3, 0.4) is 0 Å². The number of aliphatic hydroxyl groups excluding tert-OH is 1. The van der Waals surface area contributed by atoms with Crippen LogP contribution in [0.15, 0.2) is 102 Å². The van der Waals surface area contributed by atoms with E-state index in [2.05, 4.69) is 5.32 Å². The Morgan fingerprint density at radius 1 is 0.783 bits per heavy atom. The molecule has 4 aromatic carbocycles. The van der Waals surface area contributed by atoms with E-state index in [1.165, 1.54) is 0 Å². The molecule has 1 amide bonds. The Balaban J connectivity index is 1.32. The minimum absolute atomic E-state index is 0.0391. The maximum atomic E-state index is 12.0. The maximum Gasteiger partial charge on any atom is 0.335 e. The highest BCUT2D eigenvalue weighted by molar-refractivity contribution is 7.99. The molecule has 0 aromatic heterocycles. The summed E-state index contributed by atoms with van der Waals surface area (Å²) >= 11 is 1.59. The lowest BCUT2D eigenvalue weighted by Gasteiger charge is -2.36. The van der Waals surface area contributed by atoms with Gasteiger partial charge in [0, 0.05) is 35.6 Å². The van der Waals surface area contributed by atoms with Crippen LogP contribution in [0.2, 0.25) is 0 Å². The summed E-state index contributed by atoms with van der Waals surface area (Å²) in [7, 11) is 0. The van der Waals surface area contributed by atoms with Gasteiger partial charge in [0.15, 0.2) is 6.29 Å². The molecule has 1 fully saturated rings. The van der Waals surface area contributed by atoms with Gasteiger partial charge in [-0.25, -0.2) is 4.79 Å². The zero-order valence-corrected chi connectivity index (χ0v) is 25.8. The van der Waals surface area contributed by atoms with Gasteiger partial charge in [-0.3, -0.25) is 9.59 Å². The molecule has 1 aliphatic heterocycles. The average molecular weight is 642 g/mol. The van der Waals surface area contributed by atoms with Crippen LogP contribution in [0.25, 0.3) is 11.1 Å². The lowest BCUT2D eigenvalue weighted by Crippen LogP contribution is -2.31. The molecule has 1 saturated heterocycles. The van der Waals surface area contributed by atoms with E-state index in [1.807, 2.05) is 72.8 Å². The van der Waals surface area contributed by atoms with Crippen molar-refractivity contribution in [2.75, 3.05) is 5.75 Å². The number of carboxylic acid groups (broad SMARTS) is 2. The molecule has 4 aromatic rings. The van der Waals surface area contributed by atoms with Crippen LogP contribution in [-0.4, -0.2) is 45.0 Å². The van der Waals surface area contributed by atoms with E-state index in [-0.39, 0.29) is 49.7 Å². The first-order valence-corrected chi connectivity index (χ1v) is 15.9. The van der Waals surface area contributed by atoms with Gasteiger partial charge in [-0.05, 0) is 64.2 Å². The fraction of sp³-hybridized carbons (Fsp3) is 0.250. The van der Waals surface area contributed by atoms with Crippen LogP contribution in [0, 0.1) is 0 Å². The normalized spacial score (nSPS) is 17.7. The van der Waals surface area contributed by atoms with Crippen molar-refractivity contribution >= 4 is 29.6 Å². The van der Waals surface area contributed by atoms with Gasteiger partial charge >= 0.3 is 11.9 Å². The number of thioether (sulfide) groups is 1. The molecule has 0 radical (unpaired) electrons. The number of carbonyl (C=O) groups is 3. The molecule has 238 valence electrons. The Hall–Kier alpha value is -4.48. The number of carboxylic acids is 2. The zero-order valence-electron chi connectivity index (χ0n) is 25.0. The molecule has 10 heteroatoms. The molecule has 0 bridgehead atoms. The molecular weight excluding hydrogens is 606 g/mol. The average Bonchev–Trinajstić information content (AvgIpc) is 3.09. The Labute approximate surface area is 271 Å². The fourth-order valence-corrected chi connectivity index (χ4v) is 6.06. The molecule has 46 heavy (non-hydrogen) atoms. The minimum atomic E-state index is -1.01. The monoisotopic (exact) mass is 641 g/mol. The molecule has 5 rings (SSSR count). The molecule has 4 N–H and O–H groups in total. The van der Waals surface area contributed by atoms with Gasteiger partial charge in [-0.2, -0.15) is 0 Å².